The first-order valence-electron chi connectivity index (χ1n) is 6.90. The number of hydroxylamine groups is 1. The van der Waals surface area contributed by atoms with Crippen LogP contribution in [0.4, 0.5) is 14.5 Å². The molecule has 1 aromatic heterocycles. The number of thioether (sulfide) groups is 1. The van der Waals surface area contributed by atoms with E-state index in [2.05, 4.69) is 24.7 Å². The predicted molar refractivity (Wildman–Crippen MR) is 88.7 cm³/mol. The number of nitrogens with two attached hydrogens (primary N) is 1. The smallest absolute Gasteiger partial charge is 0.274 e. The van der Waals surface area contributed by atoms with Gasteiger partial charge in [-0.1, -0.05) is 23.9 Å². The first-order chi connectivity index (χ1) is 12.3. The van der Waals surface area contributed by atoms with Crippen LogP contribution in [0.1, 0.15) is 17.7 Å². The molecule has 142 valence electrons. The lowest BCUT2D eigenvalue weighted by Gasteiger charge is -2.05. The summed E-state index contributed by atoms with van der Waals surface area (Å²) in [6.07, 6.45) is -2.66. The van der Waals surface area contributed by atoms with E-state index < -0.39 is 16.6 Å². The fourth-order valence-electron chi connectivity index (χ4n) is 1.74. The number of amidine groups is 1. The van der Waals surface area contributed by atoms with Crippen molar-refractivity contribution in [2.24, 2.45) is 10.1 Å². The number of nitrogens with zero attached hydrogens (tertiary/aromatic N) is 3. The normalized spacial score (nSPS) is 12.6. The Morgan fingerprint density at radius 1 is 1.42 bits per heavy atom. The number of halogens is 2. The average molecular weight is 408 g/mol. The Balaban J connectivity index is 2.15. The summed E-state index contributed by atoms with van der Waals surface area (Å²) in [7, 11) is -3.81. The van der Waals surface area contributed by atoms with Crippen LogP contribution in [0.15, 0.2) is 38.9 Å². The van der Waals surface area contributed by atoms with Gasteiger partial charge in [0, 0.05) is 17.9 Å². The van der Waals surface area contributed by atoms with Crippen molar-refractivity contribution in [1.29, 1.82) is 0 Å². The first-order valence-corrected chi connectivity index (χ1v) is 9.43. The zero-order valence-corrected chi connectivity index (χ0v) is 14.6. The maximum absolute atomic E-state index is 12.7. The van der Waals surface area contributed by atoms with Gasteiger partial charge < -0.3 is 0 Å². The molecule has 2 aromatic rings. The lowest BCUT2D eigenvalue weighted by Crippen LogP contribution is -2.32. The topological polar surface area (TPSA) is 156 Å². The van der Waals surface area contributed by atoms with E-state index in [1.807, 2.05) is 5.48 Å². The summed E-state index contributed by atoms with van der Waals surface area (Å²) in [5.74, 6) is 0.0524. The molecule has 1 heterocycles. The van der Waals surface area contributed by atoms with Gasteiger partial charge in [-0.05, 0) is 22.4 Å². The number of aliphatic imine (C=N–C) groups is 1. The summed E-state index contributed by atoms with van der Waals surface area (Å²) in [4.78, 5) is 4.01. The molecule has 0 atom stereocenters. The Morgan fingerprint density at radius 2 is 2.19 bits per heavy atom. The van der Waals surface area contributed by atoms with Crippen molar-refractivity contribution in [3.8, 4) is 0 Å². The molecule has 10 nitrogen and oxygen atoms in total. The highest BCUT2D eigenvalue weighted by molar-refractivity contribution is 7.99. The van der Waals surface area contributed by atoms with Crippen LogP contribution in [-0.2, 0) is 10.2 Å². The number of aromatic nitrogens is 2. The molecular formula is C12H14F2N6O4S2. The monoisotopic (exact) mass is 408 g/mol. The predicted octanol–water partition coefficient (Wildman–Crippen LogP) is 0.950. The van der Waals surface area contributed by atoms with Crippen LogP contribution in [0.2, 0.25) is 0 Å². The minimum absolute atomic E-state index is 0.0191. The molecule has 0 aliphatic rings. The molecule has 26 heavy (non-hydrogen) atoms. The van der Waals surface area contributed by atoms with Crippen LogP contribution in [0.5, 0.6) is 0 Å². The minimum atomic E-state index is -3.81. The minimum Gasteiger partial charge on any atom is -0.290 e. The van der Waals surface area contributed by atoms with Gasteiger partial charge in [-0.15, -0.1) is 0 Å². The summed E-state index contributed by atoms with van der Waals surface area (Å²) in [5.41, 5.74) is 1.75. The van der Waals surface area contributed by atoms with E-state index >= 15 is 0 Å². The van der Waals surface area contributed by atoms with Gasteiger partial charge in [0.25, 0.3) is 16.6 Å². The Hall–Kier alpha value is -2.13. The van der Waals surface area contributed by atoms with Crippen LogP contribution in [-0.4, -0.2) is 42.1 Å². The van der Waals surface area contributed by atoms with Crippen molar-refractivity contribution in [3.05, 3.63) is 35.5 Å². The number of benzene rings is 1. The first kappa shape index (κ1) is 20.2. The van der Waals surface area contributed by atoms with E-state index in [4.69, 9.17) is 5.14 Å². The van der Waals surface area contributed by atoms with E-state index in [1.54, 1.807) is 0 Å². The summed E-state index contributed by atoms with van der Waals surface area (Å²) >= 11 is 1.05. The average Bonchev–Trinajstić information content (AvgIpc) is 3.04. The third kappa shape index (κ3) is 5.99. The highest BCUT2D eigenvalue weighted by Crippen LogP contribution is 2.25. The van der Waals surface area contributed by atoms with E-state index in [0.717, 1.165) is 17.8 Å². The number of hydrogen-bond donors (Lipinski definition) is 4. The summed E-state index contributed by atoms with van der Waals surface area (Å²) in [5, 5.41) is 21.5. The molecule has 0 spiro atoms. The van der Waals surface area contributed by atoms with Gasteiger partial charge >= 0.3 is 0 Å². The summed E-state index contributed by atoms with van der Waals surface area (Å²) in [6.45, 7) is 0.0191. The van der Waals surface area contributed by atoms with Crippen molar-refractivity contribution in [2.75, 3.05) is 12.3 Å². The van der Waals surface area contributed by atoms with Crippen molar-refractivity contribution >= 4 is 33.5 Å². The van der Waals surface area contributed by atoms with E-state index in [-0.39, 0.29) is 40.1 Å². The Morgan fingerprint density at radius 3 is 2.85 bits per heavy atom. The van der Waals surface area contributed by atoms with Gasteiger partial charge in [0.2, 0.25) is 0 Å². The highest BCUT2D eigenvalue weighted by Gasteiger charge is 2.17. The van der Waals surface area contributed by atoms with Crippen molar-refractivity contribution < 1.29 is 27.0 Å². The van der Waals surface area contributed by atoms with Gasteiger partial charge in [-0.25, -0.2) is 28.3 Å². The lowest BCUT2D eigenvalue weighted by atomic mass is 10.2. The molecule has 14 heteroatoms. The standard InChI is InChI=1S/C12H14F2N6O4S2/c13-10(14)7-2-1-3-8(6-7)17-11(18-21)9-12(20-24-19-9)25-5-4-16-26(15,22)23/h1-3,6,10,16,21H,4-5H2,(H,17,18)(H2,15,22,23). The molecule has 0 radical (unpaired) electrons. The number of rotatable bonds is 8. The number of nitrogens with one attached hydrogen (secondary N) is 2. The molecule has 0 aliphatic heterocycles. The van der Waals surface area contributed by atoms with Gasteiger partial charge in [0.1, 0.15) is 0 Å². The maximum atomic E-state index is 12.7. The van der Waals surface area contributed by atoms with Crippen molar-refractivity contribution in [3.63, 3.8) is 0 Å². The number of alkyl halides is 2. The fourth-order valence-corrected chi connectivity index (χ4v) is 3.01. The van der Waals surface area contributed by atoms with Crippen LogP contribution in [0.25, 0.3) is 0 Å². The Labute approximate surface area is 151 Å². The molecule has 0 aliphatic carbocycles. The van der Waals surface area contributed by atoms with E-state index in [9.17, 15) is 22.4 Å². The summed E-state index contributed by atoms with van der Waals surface area (Å²) < 4.78 is 53.8. The van der Waals surface area contributed by atoms with E-state index in [0.29, 0.717) is 0 Å². The van der Waals surface area contributed by atoms with Crippen LogP contribution >= 0.6 is 11.8 Å². The number of hydrogen-bond acceptors (Lipinski definition) is 8. The Kier molecular flexibility index (Phi) is 6.98. The lowest BCUT2D eigenvalue weighted by molar-refractivity contribution is 0.151. The van der Waals surface area contributed by atoms with Crippen molar-refractivity contribution in [2.45, 2.75) is 11.5 Å². The van der Waals surface area contributed by atoms with Gasteiger partial charge in [0.15, 0.2) is 16.6 Å². The van der Waals surface area contributed by atoms with Gasteiger partial charge in [-0.2, -0.15) is 8.42 Å². The largest absolute Gasteiger partial charge is 0.290 e. The second-order valence-electron chi connectivity index (χ2n) is 4.67. The second-order valence-corrected chi connectivity index (χ2v) is 7.14. The molecule has 0 amide bonds. The quantitative estimate of drug-likeness (QED) is 0.165. The maximum Gasteiger partial charge on any atom is 0.274 e. The fraction of sp³-hybridized carbons (Fsp3) is 0.250. The molecular weight excluding hydrogens is 394 g/mol. The van der Waals surface area contributed by atoms with E-state index in [1.165, 1.54) is 18.2 Å². The van der Waals surface area contributed by atoms with Crippen LogP contribution in [0.3, 0.4) is 0 Å². The molecule has 2 rings (SSSR count). The molecule has 0 saturated heterocycles. The van der Waals surface area contributed by atoms with Gasteiger partial charge in [-0.3, -0.25) is 10.7 Å². The highest BCUT2D eigenvalue weighted by atomic mass is 32.2. The molecule has 0 bridgehead atoms. The molecule has 0 fully saturated rings. The second kappa shape index (κ2) is 9.00. The third-order valence-corrected chi connectivity index (χ3v) is 4.35. The zero-order valence-electron chi connectivity index (χ0n) is 13.0. The van der Waals surface area contributed by atoms with Crippen LogP contribution in [0, 0.1) is 0 Å². The SMILES string of the molecule is NS(=O)(=O)NCCSc1nonc1C(=Nc1cccc(C(F)F)c1)NO. The zero-order chi connectivity index (χ0) is 19.2. The molecule has 1 aromatic carbocycles. The van der Waals surface area contributed by atoms with Crippen LogP contribution < -0.4 is 15.3 Å². The molecule has 5 N–H and O–H groups in total. The molecule has 0 saturated carbocycles. The van der Waals surface area contributed by atoms with Gasteiger partial charge in [0.05, 0.1) is 5.69 Å². The van der Waals surface area contributed by atoms with Crippen molar-refractivity contribution in [1.82, 2.24) is 20.5 Å². The third-order valence-electron chi connectivity index (χ3n) is 2.80. The molecule has 0 unspecified atom stereocenters. The summed E-state index contributed by atoms with van der Waals surface area (Å²) in [6, 6.07) is 5.25. The Bertz CT molecular complexity index is 874.